The predicted molar refractivity (Wildman–Crippen MR) is 83.7 cm³/mol. The number of hydrogen-bond acceptors (Lipinski definition) is 6. The number of halogens is 1. The molecule has 0 radical (unpaired) electrons. The molecular formula is C17H14FNO6. The molecular weight excluding hydrogens is 333 g/mol. The molecule has 1 aliphatic heterocycles. The van der Waals surface area contributed by atoms with E-state index in [1.807, 2.05) is 0 Å². The Morgan fingerprint density at radius 3 is 2.60 bits per heavy atom. The minimum absolute atomic E-state index is 0.280. The van der Waals surface area contributed by atoms with Crippen LogP contribution in [0.5, 0.6) is 5.75 Å². The molecule has 1 heterocycles. The van der Waals surface area contributed by atoms with Crippen LogP contribution in [0.2, 0.25) is 0 Å². The summed E-state index contributed by atoms with van der Waals surface area (Å²) in [5, 5.41) is 11.3. The third kappa shape index (κ3) is 3.81. The average Bonchev–Trinajstić information content (AvgIpc) is 2.63. The van der Waals surface area contributed by atoms with Crippen LogP contribution >= 0.6 is 0 Å². The highest BCUT2D eigenvalue weighted by Gasteiger charge is 2.25. The molecule has 0 aromatic heterocycles. The molecule has 130 valence electrons. The van der Waals surface area contributed by atoms with Crippen LogP contribution in [0.3, 0.4) is 0 Å². The number of rotatable bonds is 4. The van der Waals surface area contributed by atoms with Crippen molar-refractivity contribution in [2.24, 2.45) is 0 Å². The standard InChI is InChI=1S/C17H14FNO6/c18-13-5-2-1-4-12(13)16(20)25-15-7-6-11(10-14(15)19(21)22)17-23-8-3-9-24-17/h1-2,4-7,10,17H,3,8-9H2. The maximum atomic E-state index is 13.6. The van der Waals surface area contributed by atoms with Gasteiger partial charge in [-0.1, -0.05) is 12.1 Å². The summed E-state index contributed by atoms with van der Waals surface area (Å²) in [6.07, 6.45) is 0.0421. The van der Waals surface area contributed by atoms with Crippen molar-refractivity contribution in [3.63, 3.8) is 0 Å². The molecule has 1 fully saturated rings. The first-order valence-electron chi connectivity index (χ1n) is 7.54. The van der Waals surface area contributed by atoms with Crippen molar-refractivity contribution in [2.75, 3.05) is 13.2 Å². The van der Waals surface area contributed by atoms with Gasteiger partial charge in [0.05, 0.1) is 23.7 Å². The first kappa shape index (κ1) is 17.0. The van der Waals surface area contributed by atoms with E-state index < -0.39 is 28.7 Å². The van der Waals surface area contributed by atoms with Gasteiger partial charge in [0.25, 0.3) is 0 Å². The molecule has 3 rings (SSSR count). The summed E-state index contributed by atoms with van der Waals surface area (Å²) in [6.45, 7) is 0.977. The Morgan fingerprint density at radius 2 is 1.92 bits per heavy atom. The molecule has 2 aromatic rings. The summed E-state index contributed by atoms with van der Waals surface area (Å²) in [4.78, 5) is 22.7. The predicted octanol–water partition coefficient (Wildman–Crippen LogP) is 3.39. The van der Waals surface area contributed by atoms with Crippen LogP contribution < -0.4 is 4.74 Å². The molecule has 0 N–H and O–H groups in total. The van der Waals surface area contributed by atoms with Crippen molar-refractivity contribution < 1.29 is 28.3 Å². The van der Waals surface area contributed by atoms with Crippen LogP contribution in [0.4, 0.5) is 10.1 Å². The van der Waals surface area contributed by atoms with E-state index in [2.05, 4.69) is 0 Å². The Kier molecular flexibility index (Phi) is 5.01. The van der Waals surface area contributed by atoms with Gasteiger partial charge in [-0.05, 0) is 30.7 Å². The number of hydrogen-bond donors (Lipinski definition) is 0. The molecule has 0 spiro atoms. The fraction of sp³-hybridized carbons (Fsp3) is 0.235. The zero-order chi connectivity index (χ0) is 17.8. The molecule has 1 saturated heterocycles. The normalized spacial score (nSPS) is 14.9. The quantitative estimate of drug-likeness (QED) is 0.365. The molecule has 0 unspecified atom stereocenters. The minimum atomic E-state index is -1.01. The van der Waals surface area contributed by atoms with Gasteiger partial charge in [-0.15, -0.1) is 0 Å². The van der Waals surface area contributed by atoms with Crippen molar-refractivity contribution >= 4 is 11.7 Å². The lowest BCUT2D eigenvalue weighted by molar-refractivity contribution is -0.385. The van der Waals surface area contributed by atoms with Crippen molar-refractivity contribution in [2.45, 2.75) is 12.7 Å². The number of nitro benzene ring substituents is 1. The second-order valence-electron chi connectivity index (χ2n) is 5.28. The number of carbonyl (C=O) groups is 1. The maximum absolute atomic E-state index is 13.6. The zero-order valence-corrected chi connectivity index (χ0v) is 13.0. The van der Waals surface area contributed by atoms with Gasteiger partial charge >= 0.3 is 11.7 Å². The van der Waals surface area contributed by atoms with Crippen molar-refractivity contribution in [1.82, 2.24) is 0 Å². The fourth-order valence-electron chi connectivity index (χ4n) is 2.37. The van der Waals surface area contributed by atoms with Crippen LogP contribution in [-0.4, -0.2) is 24.1 Å². The molecule has 0 amide bonds. The minimum Gasteiger partial charge on any atom is -0.415 e. The topological polar surface area (TPSA) is 87.9 Å². The van der Waals surface area contributed by atoms with E-state index in [0.717, 1.165) is 12.5 Å². The number of carbonyl (C=O) groups excluding carboxylic acids is 1. The first-order chi connectivity index (χ1) is 12.1. The molecule has 0 atom stereocenters. The van der Waals surface area contributed by atoms with E-state index in [9.17, 15) is 19.3 Å². The highest BCUT2D eigenvalue weighted by molar-refractivity contribution is 5.91. The van der Waals surface area contributed by atoms with Crippen molar-refractivity contribution in [1.29, 1.82) is 0 Å². The van der Waals surface area contributed by atoms with Gasteiger partial charge < -0.3 is 14.2 Å². The molecule has 8 heteroatoms. The van der Waals surface area contributed by atoms with E-state index in [0.29, 0.717) is 18.8 Å². The maximum Gasteiger partial charge on any atom is 0.346 e. The zero-order valence-electron chi connectivity index (χ0n) is 13.0. The van der Waals surface area contributed by atoms with Crippen molar-refractivity contribution in [3.8, 4) is 5.75 Å². The summed E-state index contributed by atoms with van der Waals surface area (Å²) < 4.78 is 29.5. The second kappa shape index (κ2) is 7.37. The molecule has 1 aliphatic rings. The van der Waals surface area contributed by atoms with Crippen LogP contribution in [0.15, 0.2) is 42.5 Å². The smallest absolute Gasteiger partial charge is 0.346 e. The van der Waals surface area contributed by atoms with E-state index in [4.69, 9.17) is 14.2 Å². The molecule has 2 aromatic carbocycles. The Balaban J connectivity index is 1.87. The Bertz CT molecular complexity index is 803. The number of benzene rings is 2. The number of nitro groups is 1. The summed E-state index contributed by atoms with van der Waals surface area (Å²) in [5.41, 5.74) is -0.295. The summed E-state index contributed by atoms with van der Waals surface area (Å²) in [6, 6.07) is 9.23. The summed E-state index contributed by atoms with van der Waals surface area (Å²) >= 11 is 0. The first-order valence-corrected chi connectivity index (χ1v) is 7.54. The van der Waals surface area contributed by atoms with Crippen molar-refractivity contribution in [3.05, 3.63) is 69.5 Å². The van der Waals surface area contributed by atoms with Crippen LogP contribution in [0, 0.1) is 15.9 Å². The van der Waals surface area contributed by atoms with Crippen LogP contribution in [0.25, 0.3) is 0 Å². The Labute approximate surface area is 142 Å². The highest BCUT2D eigenvalue weighted by atomic mass is 19.1. The molecule has 0 bridgehead atoms. The SMILES string of the molecule is O=C(Oc1ccc(C2OCCCO2)cc1[N+](=O)[O-])c1ccccc1F. The third-order valence-corrected chi connectivity index (χ3v) is 3.58. The molecule has 7 nitrogen and oxygen atoms in total. The van der Waals surface area contributed by atoms with E-state index in [1.54, 1.807) is 0 Å². The number of nitrogens with zero attached hydrogens (tertiary/aromatic N) is 1. The second-order valence-corrected chi connectivity index (χ2v) is 5.28. The largest absolute Gasteiger partial charge is 0.415 e. The van der Waals surface area contributed by atoms with Gasteiger partial charge in [-0.2, -0.15) is 0 Å². The van der Waals surface area contributed by atoms with E-state index >= 15 is 0 Å². The number of esters is 1. The van der Waals surface area contributed by atoms with E-state index in [-0.39, 0.29) is 11.3 Å². The molecule has 0 saturated carbocycles. The van der Waals surface area contributed by atoms with Crippen LogP contribution in [-0.2, 0) is 9.47 Å². The lowest BCUT2D eigenvalue weighted by Gasteiger charge is -2.23. The van der Waals surface area contributed by atoms with Gasteiger partial charge in [0, 0.05) is 11.6 Å². The van der Waals surface area contributed by atoms with Gasteiger partial charge in [-0.3, -0.25) is 10.1 Å². The van der Waals surface area contributed by atoms with Gasteiger partial charge in [-0.25, -0.2) is 9.18 Å². The highest BCUT2D eigenvalue weighted by Crippen LogP contribution is 2.33. The summed E-state index contributed by atoms with van der Waals surface area (Å²) in [5.74, 6) is -2.06. The summed E-state index contributed by atoms with van der Waals surface area (Å²) in [7, 11) is 0. The monoisotopic (exact) mass is 347 g/mol. The Morgan fingerprint density at radius 1 is 1.20 bits per heavy atom. The molecule has 0 aliphatic carbocycles. The lowest BCUT2D eigenvalue weighted by atomic mass is 10.1. The lowest BCUT2D eigenvalue weighted by Crippen LogP contribution is -2.18. The molecule has 25 heavy (non-hydrogen) atoms. The van der Waals surface area contributed by atoms with E-state index in [1.165, 1.54) is 36.4 Å². The van der Waals surface area contributed by atoms with Crippen LogP contribution in [0.1, 0.15) is 28.6 Å². The third-order valence-electron chi connectivity index (χ3n) is 3.58. The fourth-order valence-corrected chi connectivity index (χ4v) is 2.37. The van der Waals surface area contributed by atoms with Gasteiger partial charge in [0.1, 0.15) is 5.82 Å². The van der Waals surface area contributed by atoms with Gasteiger partial charge in [0.15, 0.2) is 6.29 Å². The Hall–Kier alpha value is -2.84. The average molecular weight is 347 g/mol. The van der Waals surface area contributed by atoms with Gasteiger partial charge in [0.2, 0.25) is 5.75 Å². The number of ether oxygens (including phenoxy) is 3.